The van der Waals surface area contributed by atoms with Gasteiger partial charge in [-0.25, -0.2) is 9.97 Å². The fraction of sp³-hybridized carbons (Fsp3) is 0.333. The molecule has 1 unspecified atom stereocenters. The van der Waals surface area contributed by atoms with E-state index in [1.807, 2.05) is 18.2 Å². The number of aryl methyl sites for hydroxylation is 1. The molecule has 0 aliphatic rings. The number of fused-ring (bicyclic) bond motifs is 1. The van der Waals surface area contributed by atoms with E-state index >= 15 is 0 Å². The zero-order chi connectivity index (χ0) is 15.2. The Hall–Kier alpha value is -1.78. The molecule has 0 amide bonds. The summed E-state index contributed by atoms with van der Waals surface area (Å²) in [6, 6.07) is 14.5. The van der Waals surface area contributed by atoms with Gasteiger partial charge in [0, 0.05) is 6.20 Å². The second kappa shape index (κ2) is 7.47. The average molecular weight is 312 g/mol. The molecule has 0 bridgehead atoms. The standard InChI is InChI=1S/C18H20N2OS/c21-15(18-20-17-16(22-18)12-7-13-19-17)11-6-2-5-10-14-8-3-1-4-9-14/h1,3-4,7-9,12-13,15,21H,2,5-6,10-11H2. The van der Waals surface area contributed by atoms with Gasteiger partial charge in [0.1, 0.15) is 11.1 Å². The second-order valence-electron chi connectivity index (χ2n) is 5.48. The Morgan fingerprint density at radius 3 is 2.68 bits per heavy atom. The minimum atomic E-state index is -0.462. The van der Waals surface area contributed by atoms with Crippen LogP contribution in [0.5, 0.6) is 0 Å². The Bertz CT molecular complexity index is 678. The van der Waals surface area contributed by atoms with E-state index in [2.05, 4.69) is 34.2 Å². The molecule has 3 rings (SSSR count). The maximum Gasteiger partial charge on any atom is 0.170 e. The van der Waals surface area contributed by atoms with Crippen LogP contribution in [0.15, 0.2) is 48.7 Å². The summed E-state index contributed by atoms with van der Waals surface area (Å²) < 4.78 is 1.04. The molecular weight excluding hydrogens is 292 g/mol. The highest BCUT2D eigenvalue weighted by Crippen LogP contribution is 2.27. The molecule has 4 heteroatoms. The maximum atomic E-state index is 10.3. The van der Waals surface area contributed by atoms with Gasteiger partial charge in [-0.05, 0) is 37.0 Å². The van der Waals surface area contributed by atoms with E-state index in [4.69, 9.17) is 0 Å². The molecule has 22 heavy (non-hydrogen) atoms. The molecule has 1 atom stereocenters. The van der Waals surface area contributed by atoms with Gasteiger partial charge < -0.3 is 5.11 Å². The first kappa shape index (κ1) is 15.1. The van der Waals surface area contributed by atoms with Crippen molar-refractivity contribution >= 4 is 21.7 Å². The number of pyridine rings is 1. The first-order chi connectivity index (χ1) is 10.8. The third kappa shape index (κ3) is 3.90. The van der Waals surface area contributed by atoms with Gasteiger partial charge in [-0.15, -0.1) is 11.3 Å². The fourth-order valence-corrected chi connectivity index (χ4v) is 3.49. The molecule has 0 spiro atoms. The first-order valence-corrected chi connectivity index (χ1v) is 8.58. The lowest BCUT2D eigenvalue weighted by molar-refractivity contribution is 0.163. The molecular formula is C18H20N2OS. The van der Waals surface area contributed by atoms with E-state index in [1.165, 1.54) is 5.56 Å². The Labute approximate surface area is 134 Å². The summed E-state index contributed by atoms with van der Waals surface area (Å²) in [6.07, 6.45) is 6.49. The Balaban J connectivity index is 1.43. The van der Waals surface area contributed by atoms with E-state index in [1.54, 1.807) is 17.5 Å². The molecule has 1 N–H and O–H groups in total. The number of hydrogen-bond acceptors (Lipinski definition) is 4. The summed E-state index contributed by atoms with van der Waals surface area (Å²) >= 11 is 1.54. The molecule has 3 aromatic rings. The summed E-state index contributed by atoms with van der Waals surface area (Å²) in [5.74, 6) is 0. The lowest BCUT2D eigenvalue weighted by Gasteiger charge is -2.07. The summed E-state index contributed by atoms with van der Waals surface area (Å²) in [6.45, 7) is 0. The smallest absolute Gasteiger partial charge is 0.170 e. The second-order valence-corrected chi connectivity index (χ2v) is 6.54. The van der Waals surface area contributed by atoms with Gasteiger partial charge in [-0.2, -0.15) is 0 Å². The third-order valence-corrected chi connectivity index (χ3v) is 4.86. The van der Waals surface area contributed by atoms with Crippen molar-refractivity contribution in [3.8, 4) is 0 Å². The predicted molar refractivity (Wildman–Crippen MR) is 91.0 cm³/mol. The third-order valence-electron chi connectivity index (χ3n) is 3.75. The maximum absolute atomic E-state index is 10.3. The van der Waals surface area contributed by atoms with Gasteiger partial charge >= 0.3 is 0 Å². The van der Waals surface area contributed by atoms with Crippen molar-refractivity contribution in [3.63, 3.8) is 0 Å². The lowest BCUT2D eigenvalue weighted by Crippen LogP contribution is -1.97. The number of aliphatic hydroxyl groups excluding tert-OH is 1. The molecule has 0 radical (unpaired) electrons. The van der Waals surface area contributed by atoms with Crippen molar-refractivity contribution in [2.75, 3.05) is 0 Å². The van der Waals surface area contributed by atoms with Crippen LogP contribution in [-0.4, -0.2) is 15.1 Å². The molecule has 0 saturated heterocycles. The average Bonchev–Trinajstić information content (AvgIpc) is 2.99. The molecule has 1 aromatic carbocycles. The van der Waals surface area contributed by atoms with Gasteiger partial charge in [-0.3, -0.25) is 0 Å². The quantitative estimate of drug-likeness (QED) is 0.652. The van der Waals surface area contributed by atoms with Crippen molar-refractivity contribution < 1.29 is 5.11 Å². The van der Waals surface area contributed by atoms with Gasteiger partial charge in [0.15, 0.2) is 5.65 Å². The number of hydrogen-bond donors (Lipinski definition) is 1. The van der Waals surface area contributed by atoms with E-state index in [0.717, 1.165) is 47.5 Å². The van der Waals surface area contributed by atoms with Crippen LogP contribution in [0.2, 0.25) is 0 Å². The summed E-state index contributed by atoms with van der Waals surface area (Å²) in [7, 11) is 0. The highest BCUT2D eigenvalue weighted by atomic mass is 32.1. The van der Waals surface area contributed by atoms with Crippen LogP contribution in [0.3, 0.4) is 0 Å². The largest absolute Gasteiger partial charge is 0.386 e. The number of thiazole rings is 1. The lowest BCUT2D eigenvalue weighted by atomic mass is 10.1. The van der Waals surface area contributed by atoms with Crippen LogP contribution in [-0.2, 0) is 6.42 Å². The number of benzene rings is 1. The van der Waals surface area contributed by atoms with Gasteiger partial charge in [0.05, 0.1) is 4.70 Å². The van der Waals surface area contributed by atoms with Crippen LogP contribution >= 0.6 is 11.3 Å². The van der Waals surface area contributed by atoms with E-state index < -0.39 is 6.10 Å². The van der Waals surface area contributed by atoms with Crippen molar-refractivity contribution in [2.24, 2.45) is 0 Å². The van der Waals surface area contributed by atoms with Crippen molar-refractivity contribution in [1.82, 2.24) is 9.97 Å². The topological polar surface area (TPSA) is 46.0 Å². The predicted octanol–water partition coefficient (Wildman–Crippen LogP) is 4.53. The minimum Gasteiger partial charge on any atom is -0.386 e. The Morgan fingerprint density at radius 1 is 1.00 bits per heavy atom. The van der Waals surface area contributed by atoms with Gasteiger partial charge in [0.2, 0.25) is 0 Å². The highest BCUT2D eigenvalue weighted by molar-refractivity contribution is 7.18. The highest BCUT2D eigenvalue weighted by Gasteiger charge is 2.13. The number of nitrogens with zero attached hydrogens (tertiary/aromatic N) is 2. The van der Waals surface area contributed by atoms with Crippen LogP contribution < -0.4 is 0 Å². The van der Waals surface area contributed by atoms with Gasteiger partial charge in [-0.1, -0.05) is 43.2 Å². The summed E-state index contributed by atoms with van der Waals surface area (Å²) in [5.41, 5.74) is 2.13. The van der Waals surface area contributed by atoms with E-state index in [9.17, 15) is 5.11 Å². The summed E-state index contributed by atoms with van der Waals surface area (Å²) in [5, 5.41) is 11.0. The number of aliphatic hydroxyl groups is 1. The number of rotatable bonds is 7. The molecule has 0 aliphatic heterocycles. The van der Waals surface area contributed by atoms with Gasteiger partial charge in [0.25, 0.3) is 0 Å². The van der Waals surface area contributed by atoms with Crippen LogP contribution in [0.4, 0.5) is 0 Å². The van der Waals surface area contributed by atoms with E-state index in [-0.39, 0.29) is 0 Å². The number of aromatic nitrogens is 2. The van der Waals surface area contributed by atoms with Crippen molar-refractivity contribution in [2.45, 2.75) is 38.2 Å². The zero-order valence-electron chi connectivity index (χ0n) is 12.5. The SMILES string of the molecule is OC(CCCCCc1ccccc1)c1nc2ncccc2s1. The normalized spacial score (nSPS) is 12.6. The molecule has 2 aromatic heterocycles. The Morgan fingerprint density at radius 2 is 1.86 bits per heavy atom. The zero-order valence-corrected chi connectivity index (χ0v) is 13.3. The minimum absolute atomic E-state index is 0.462. The van der Waals surface area contributed by atoms with Crippen LogP contribution in [0, 0.1) is 0 Å². The Kier molecular flexibility index (Phi) is 5.14. The number of unbranched alkanes of at least 4 members (excludes halogenated alkanes) is 2. The van der Waals surface area contributed by atoms with Crippen LogP contribution in [0.25, 0.3) is 10.3 Å². The van der Waals surface area contributed by atoms with Crippen LogP contribution in [0.1, 0.15) is 42.4 Å². The fourth-order valence-electron chi connectivity index (χ4n) is 2.54. The van der Waals surface area contributed by atoms with E-state index in [0.29, 0.717) is 0 Å². The van der Waals surface area contributed by atoms with Crippen molar-refractivity contribution in [1.29, 1.82) is 0 Å². The molecule has 2 heterocycles. The molecule has 0 fully saturated rings. The molecule has 3 nitrogen and oxygen atoms in total. The molecule has 0 saturated carbocycles. The molecule has 0 aliphatic carbocycles. The van der Waals surface area contributed by atoms with Crippen molar-refractivity contribution in [3.05, 3.63) is 59.2 Å². The summed E-state index contributed by atoms with van der Waals surface area (Å²) in [4.78, 5) is 8.63. The monoisotopic (exact) mass is 312 g/mol. The first-order valence-electron chi connectivity index (χ1n) is 7.76. The molecule has 114 valence electrons.